The van der Waals surface area contributed by atoms with Gasteiger partial charge in [-0.05, 0) is 32.1 Å². The van der Waals surface area contributed by atoms with Gasteiger partial charge in [0.1, 0.15) is 0 Å². The van der Waals surface area contributed by atoms with Crippen molar-refractivity contribution in [1.82, 2.24) is 9.80 Å². The molecule has 0 spiro atoms. The molecule has 4 nitrogen and oxygen atoms in total. The van der Waals surface area contributed by atoms with Crippen LogP contribution in [0.1, 0.15) is 38.5 Å². The molecule has 20 heavy (non-hydrogen) atoms. The summed E-state index contributed by atoms with van der Waals surface area (Å²) in [7, 11) is 0. The van der Waals surface area contributed by atoms with E-state index in [2.05, 4.69) is 9.80 Å². The molecule has 1 heterocycles. The number of nitrogens with two attached hydrogens (primary N) is 1. The van der Waals surface area contributed by atoms with Gasteiger partial charge in [-0.15, -0.1) is 24.8 Å². The van der Waals surface area contributed by atoms with Crippen LogP contribution in [0.15, 0.2) is 0 Å². The number of hydrogen-bond acceptors (Lipinski definition) is 3. The molecule has 0 aromatic rings. The van der Waals surface area contributed by atoms with Gasteiger partial charge in [-0.2, -0.15) is 0 Å². The Balaban J connectivity index is 0.000001000. The predicted octanol–water partition coefficient (Wildman–Crippen LogP) is 1.65. The van der Waals surface area contributed by atoms with E-state index in [1.165, 1.54) is 12.8 Å². The van der Waals surface area contributed by atoms with Crippen molar-refractivity contribution >= 4 is 30.7 Å². The normalized spacial score (nSPS) is 31.1. The van der Waals surface area contributed by atoms with E-state index in [-0.39, 0.29) is 36.8 Å². The lowest BCUT2D eigenvalue weighted by molar-refractivity contribution is -0.138. The van der Waals surface area contributed by atoms with Gasteiger partial charge in [0.2, 0.25) is 5.91 Å². The van der Waals surface area contributed by atoms with E-state index >= 15 is 0 Å². The second-order valence-electron chi connectivity index (χ2n) is 6.22. The van der Waals surface area contributed by atoms with Crippen LogP contribution in [-0.4, -0.2) is 54.0 Å². The van der Waals surface area contributed by atoms with E-state index in [4.69, 9.17) is 5.73 Å². The summed E-state index contributed by atoms with van der Waals surface area (Å²) in [6.45, 7) is 4.02. The molecule has 2 N–H and O–H groups in total. The first kappa shape index (κ1) is 18.0. The first-order valence-corrected chi connectivity index (χ1v) is 7.52. The Hall–Kier alpha value is -0.0300. The lowest BCUT2D eigenvalue weighted by atomic mass is 9.85. The van der Waals surface area contributed by atoms with Gasteiger partial charge in [0.25, 0.3) is 0 Å². The lowest BCUT2D eigenvalue weighted by Crippen LogP contribution is -2.51. The molecule has 3 fully saturated rings. The molecule has 0 aromatic heterocycles. The second kappa shape index (κ2) is 7.83. The highest BCUT2D eigenvalue weighted by molar-refractivity contribution is 5.85. The molecule has 6 heteroatoms. The number of halogens is 2. The summed E-state index contributed by atoms with van der Waals surface area (Å²) in [5.74, 6) is 0.585. The summed E-state index contributed by atoms with van der Waals surface area (Å²) >= 11 is 0. The van der Waals surface area contributed by atoms with Crippen LogP contribution >= 0.6 is 24.8 Å². The first-order chi connectivity index (χ1) is 8.74. The van der Waals surface area contributed by atoms with Gasteiger partial charge < -0.3 is 10.6 Å². The first-order valence-electron chi connectivity index (χ1n) is 7.52. The van der Waals surface area contributed by atoms with E-state index in [1.54, 1.807) is 0 Å². The monoisotopic (exact) mass is 323 g/mol. The van der Waals surface area contributed by atoms with Crippen LogP contribution in [0.3, 0.4) is 0 Å². The third-order valence-corrected chi connectivity index (χ3v) is 4.75. The fourth-order valence-corrected chi connectivity index (χ4v) is 3.46. The van der Waals surface area contributed by atoms with Crippen LogP contribution < -0.4 is 5.73 Å². The Morgan fingerprint density at radius 3 is 2.15 bits per heavy atom. The van der Waals surface area contributed by atoms with Gasteiger partial charge in [0, 0.05) is 44.2 Å². The van der Waals surface area contributed by atoms with Crippen LogP contribution in [-0.2, 0) is 4.79 Å². The third kappa shape index (κ3) is 4.23. The molecule has 118 valence electrons. The number of hydrogen-bond donors (Lipinski definition) is 1. The van der Waals surface area contributed by atoms with Gasteiger partial charge in [0.15, 0.2) is 0 Å². The van der Waals surface area contributed by atoms with Crippen molar-refractivity contribution in [2.45, 2.75) is 50.6 Å². The highest BCUT2D eigenvalue weighted by Gasteiger charge is 2.34. The van der Waals surface area contributed by atoms with E-state index in [1.807, 2.05) is 0 Å². The van der Waals surface area contributed by atoms with Crippen molar-refractivity contribution in [2.75, 3.05) is 26.2 Å². The summed E-state index contributed by atoms with van der Waals surface area (Å²) in [4.78, 5) is 17.1. The summed E-state index contributed by atoms with van der Waals surface area (Å²) in [5.41, 5.74) is 5.98. The standard InChI is InChI=1S/C14H25N3O.2ClH/c15-12-3-1-2-11(10-12)14(18)17-8-6-16(7-9-17)13-4-5-13;;/h11-13H,1-10,15H2;2*1H. The van der Waals surface area contributed by atoms with Crippen molar-refractivity contribution in [2.24, 2.45) is 11.7 Å². The smallest absolute Gasteiger partial charge is 0.225 e. The molecule has 3 rings (SSSR count). The van der Waals surface area contributed by atoms with E-state index < -0.39 is 0 Å². The average Bonchev–Trinajstić information content (AvgIpc) is 3.22. The zero-order chi connectivity index (χ0) is 12.5. The van der Waals surface area contributed by atoms with Crippen molar-refractivity contribution in [3.63, 3.8) is 0 Å². The number of amides is 1. The molecule has 1 saturated heterocycles. The van der Waals surface area contributed by atoms with E-state index in [9.17, 15) is 4.79 Å². The summed E-state index contributed by atoms with van der Waals surface area (Å²) < 4.78 is 0. The zero-order valence-electron chi connectivity index (χ0n) is 12.0. The molecule has 2 atom stereocenters. The van der Waals surface area contributed by atoms with Gasteiger partial charge in [-0.25, -0.2) is 0 Å². The molecular formula is C14H27Cl2N3O. The zero-order valence-corrected chi connectivity index (χ0v) is 13.6. The minimum atomic E-state index is 0. The molecule has 0 radical (unpaired) electrons. The topological polar surface area (TPSA) is 49.6 Å². The summed E-state index contributed by atoms with van der Waals surface area (Å²) in [6.07, 6.45) is 6.91. The van der Waals surface area contributed by atoms with Crippen LogP contribution in [0.4, 0.5) is 0 Å². The number of piperazine rings is 1. The second-order valence-corrected chi connectivity index (χ2v) is 6.22. The molecule has 3 aliphatic rings. The highest BCUT2D eigenvalue weighted by atomic mass is 35.5. The van der Waals surface area contributed by atoms with E-state index in [0.717, 1.165) is 57.9 Å². The SMILES string of the molecule is Cl.Cl.NC1CCCC(C(=O)N2CCN(C3CC3)CC2)C1. The molecule has 1 aliphatic heterocycles. The molecule has 2 aliphatic carbocycles. The maximum absolute atomic E-state index is 12.4. The molecular weight excluding hydrogens is 297 g/mol. The number of carbonyl (C=O) groups excluding carboxylic acids is 1. The Bertz CT molecular complexity index is 318. The van der Waals surface area contributed by atoms with Gasteiger partial charge in [0.05, 0.1) is 0 Å². The number of nitrogens with zero attached hydrogens (tertiary/aromatic N) is 2. The predicted molar refractivity (Wildman–Crippen MR) is 85.6 cm³/mol. The van der Waals surface area contributed by atoms with Crippen LogP contribution in [0, 0.1) is 5.92 Å². The molecule has 1 amide bonds. The van der Waals surface area contributed by atoms with Crippen molar-refractivity contribution in [3.05, 3.63) is 0 Å². The minimum Gasteiger partial charge on any atom is -0.340 e. The van der Waals surface area contributed by atoms with Crippen LogP contribution in [0.2, 0.25) is 0 Å². The Kier molecular flexibility index (Phi) is 7.06. The molecule has 2 unspecified atom stereocenters. The highest BCUT2D eigenvalue weighted by Crippen LogP contribution is 2.29. The summed E-state index contributed by atoms with van der Waals surface area (Å²) in [6, 6.07) is 1.09. The summed E-state index contributed by atoms with van der Waals surface area (Å²) in [5, 5.41) is 0. The maximum atomic E-state index is 12.4. The Labute approximate surface area is 134 Å². The van der Waals surface area contributed by atoms with Gasteiger partial charge >= 0.3 is 0 Å². The minimum absolute atomic E-state index is 0. The van der Waals surface area contributed by atoms with Crippen LogP contribution in [0.5, 0.6) is 0 Å². The number of rotatable bonds is 2. The molecule has 2 saturated carbocycles. The third-order valence-electron chi connectivity index (χ3n) is 4.75. The largest absolute Gasteiger partial charge is 0.340 e. The average molecular weight is 324 g/mol. The van der Waals surface area contributed by atoms with Crippen molar-refractivity contribution < 1.29 is 4.79 Å². The number of carbonyl (C=O) groups is 1. The van der Waals surface area contributed by atoms with Crippen LogP contribution in [0.25, 0.3) is 0 Å². The molecule has 0 aromatic carbocycles. The molecule has 0 bridgehead atoms. The lowest BCUT2D eigenvalue weighted by Gasteiger charge is -2.37. The van der Waals surface area contributed by atoms with Gasteiger partial charge in [-0.1, -0.05) is 6.42 Å². The maximum Gasteiger partial charge on any atom is 0.225 e. The Morgan fingerprint density at radius 1 is 0.950 bits per heavy atom. The Morgan fingerprint density at radius 2 is 1.60 bits per heavy atom. The van der Waals surface area contributed by atoms with E-state index in [0.29, 0.717) is 5.91 Å². The quantitative estimate of drug-likeness (QED) is 0.840. The fraction of sp³-hybridized carbons (Fsp3) is 0.929. The van der Waals surface area contributed by atoms with Crippen molar-refractivity contribution in [1.29, 1.82) is 0 Å². The van der Waals surface area contributed by atoms with Gasteiger partial charge in [-0.3, -0.25) is 9.69 Å². The van der Waals surface area contributed by atoms with Crippen molar-refractivity contribution in [3.8, 4) is 0 Å². The fourth-order valence-electron chi connectivity index (χ4n) is 3.46.